The van der Waals surface area contributed by atoms with Crippen molar-refractivity contribution < 1.29 is 30.2 Å². The van der Waals surface area contributed by atoms with E-state index in [1.807, 2.05) is 0 Å². The molecule has 0 aliphatic carbocycles. The first-order valence-electron chi connectivity index (χ1n) is 2.54. The maximum absolute atomic E-state index is 11.7. The fourth-order valence-electron chi connectivity index (χ4n) is 0.269. The van der Waals surface area contributed by atoms with Gasteiger partial charge in [-0.25, -0.2) is 12.6 Å². The lowest BCUT2D eigenvalue weighted by atomic mass is 11.7. The van der Waals surface area contributed by atoms with Gasteiger partial charge in [0.1, 0.15) is 9.71 Å². The largest absolute Gasteiger partial charge is 0.351 e. The lowest BCUT2D eigenvalue weighted by molar-refractivity contribution is 0.232. The smallest absolute Gasteiger partial charge is 0.246 e. The maximum Gasteiger partial charge on any atom is 0.351 e. The van der Waals surface area contributed by atoms with Crippen LogP contribution in [0.1, 0.15) is 0 Å². The minimum Gasteiger partial charge on any atom is -0.246 e. The molecule has 0 aromatic carbocycles. The monoisotopic (exact) mass is 243 g/mol. The summed E-state index contributed by atoms with van der Waals surface area (Å²) in [6, 6.07) is 0. The number of hydrogen-bond acceptors (Lipinski definition) is 3. The molecule has 1 unspecified atom stereocenters. The quantitative estimate of drug-likeness (QED) is 0.557. The zero-order chi connectivity index (χ0) is 10.9. The molecule has 0 aliphatic rings. The molecule has 0 amide bonds. The Labute approximate surface area is 72.1 Å². The van der Waals surface area contributed by atoms with Crippen LogP contribution >= 0.6 is 0 Å². The third-order valence-electron chi connectivity index (χ3n) is 0.780. The van der Waals surface area contributed by atoms with E-state index in [1.54, 1.807) is 0 Å². The summed E-state index contributed by atoms with van der Waals surface area (Å²) in [5.74, 6) is -5.27. The molecule has 1 N–H and O–H groups in total. The highest BCUT2D eigenvalue weighted by atomic mass is 32.3. The average molecular weight is 243 g/mol. The van der Waals surface area contributed by atoms with Gasteiger partial charge >= 0.3 is 11.5 Å². The van der Waals surface area contributed by atoms with Crippen molar-refractivity contribution in [1.29, 1.82) is 0 Å². The van der Waals surface area contributed by atoms with E-state index in [9.17, 15) is 30.2 Å². The predicted molar refractivity (Wildman–Crippen MR) is 39.3 cm³/mol. The number of alkyl halides is 4. The summed E-state index contributed by atoms with van der Waals surface area (Å²) in [5.41, 5.74) is 0. The van der Waals surface area contributed by atoms with Crippen LogP contribution in [-0.4, -0.2) is 30.0 Å². The Morgan fingerprint density at radius 1 is 1.00 bits per heavy atom. The first-order valence-corrected chi connectivity index (χ1v) is 5.88. The van der Waals surface area contributed by atoms with Gasteiger partial charge in [0.05, 0.1) is 0 Å². The summed E-state index contributed by atoms with van der Waals surface area (Å²) >= 11 is 0. The van der Waals surface area contributed by atoms with Gasteiger partial charge < -0.3 is 0 Å². The van der Waals surface area contributed by atoms with Crippen molar-refractivity contribution in [2.24, 2.45) is 0 Å². The van der Waals surface area contributed by atoms with Crippen LogP contribution in [0.3, 0.4) is 0 Å². The molecule has 0 radical (unpaired) electrons. The van der Waals surface area contributed by atoms with Crippen LogP contribution in [0.2, 0.25) is 0 Å². The third kappa shape index (κ3) is 3.48. The van der Waals surface area contributed by atoms with Gasteiger partial charge in [0, 0.05) is 0 Å². The van der Waals surface area contributed by atoms with Crippen LogP contribution in [0.5, 0.6) is 0 Å². The Kier molecular flexibility index (Phi) is 3.70. The van der Waals surface area contributed by atoms with E-state index in [4.69, 9.17) is 0 Å². The minimum absolute atomic E-state index is 0.620. The molecule has 13 heavy (non-hydrogen) atoms. The molecule has 0 saturated heterocycles. The van der Waals surface area contributed by atoms with Gasteiger partial charge in [-0.3, -0.25) is 0 Å². The highest BCUT2D eigenvalue weighted by molar-refractivity contribution is 8.09. The Hall–Kier alpha value is -0.350. The number of nitrogens with one attached hydrogen (secondary N) is 1. The van der Waals surface area contributed by atoms with Gasteiger partial charge in [-0.2, -0.15) is 17.6 Å². The van der Waals surface area contributed by atoms with E-state index in [0.717, 1.165) is 0 Å². The second-order valence-corrected chi connectivity index (χ2v) is 5.80. The molecule has 0 fully saturated rings. The summed E-state index contributed by atoms with van der Waals surface area (Å²) < 4.78 is 78.1. The van der Waals surface area contributed by atoms with Crippen molar-refractivity contribution in [3.8, 4) is 0 Å². The van der Waals surface area contributed by atoms with E-state index < -0.39 is 31.2 Å². The van der Waals surface area contributed by atoms with Crippen molar-refractivity contribution in [1.82, 2.24) is 4.13 Å². The van der Waals surface area contributed by atoms with Crippen LogP contribution < -0.4 is 4.13 Å². The molecule has 1 atom stereocenters. The van der Waals surface area contributed by atoms with Crippen molar-refractivity contribution in [2.45, 2.75) is 11.5 Å². The first kappa shape index (κ1) is 12.7. The number of rotatable bonds is 4. The van der Waals surface area contributed by atoms with E-state index in [-0.39, 0.29) is 0 Å². The van der Waals surface area contributed by atoms with Gasteiger partial charge in [-0.1, -0.05) is 0 Å². The van der Waals surface area contributed by atoms with Gasteiger partial charge in [0.15, 0.2) is 0 Å². The highest BCUT2D eigenvalue weighted by Crippen LogP contribution is 2.08. The molecule has 0 aromatic heterocycles. The molecule has 0 aromatic rings. The maximum atomic E-state index is 11.7. The molecule has 0 heterocycles. The zero-order valence-corrected chi connectivity index (χ0v) is 7.55. The van der Waals surface area contributed by atoms with Crippen molar-refractivity contribution in [2.75, 3.05) is 0 Å². The predicted octanol–water partition coefficient (Wildman–Crippen LogP) is -0.0176. The second-order valence-electron chi connectivity index (χ2n) is 1.88. The fourth-order valence-corrected chi connectivity index (χ4v) is 2.42. The lowest BCUT2D eigenvalue weighted by Crippen LogP contribution is -2.37. The molecule has 10 heteroatoms. The normalized spacial score (nSPS) is 17.7. The van der Waals surface area contributed by atoms with E-state index in [2.05, 4.69) is 5.87 Å². The van der Waals surface area contributed by atoms with Crippen molar-refractivity contribution >= 4 is 25.6 Å². The number of hydrogen-bond donors (Lipinski definition) is 1. The minimum atomic E-state index is -5.30. The number of halogens is 4. The van der Waals surface area contributed by atoms with Crippen LogP contribution in [0.15, 0.2) is 0 Å². The molecule has 0 rings (SSSR count). The molecule has 0 bridgehead atoms. The van der Waals surface area contributed by atoms with Crippen molar-refractivity contribution in [3.05, 3.63) is 0 Å². The second kappa shape index (κ2) is 3.80. The highest BCUT2D eigenvalue weighted by Gasteiger charge is 2.30. The Bertz CT molecular complexity index is 322. The van der Waals surface area contributed by atoms with E-state index in [0.29, 0.717) is 4.13 Å². The van der Waals surface area contributed by atoms with Crippen molar-refractivity contribution in [3.63, 3.8) is 0 Å². The third-order valence-corrected chi connectivity index (χ3v) is 3.88. The molecule has 0 aliphatic heterocycles. The topological polar surface area (TPSA) is 63.2 Å². The average Bonchev–Trinajstić information content (AvgIpc) is 1.83. The molecule has 80 valence electrons. The summed E-state index contributed by atoms with van der Waals surface area (Å²) in [6.45, 7) is 0. The molecule has 0 spiro atoms. The van der Waals surface area contributed by atoms with E-state index in [1.165, 1.54) is 0 Å². The SMILES string of the molecule is C=S(=O)(NS(=O)(=O)C(F)F)C(F)F. The summed E-state index contributed by atoms with van der Waals surface area (Å²) in [6.07, 6.45) is 0. The molecular weight excluding hydrogens is 238 g/mol. The lowest BCUT2D eigenvalue weighted by Gasteiger charge is -2.09. The Balaban J connectivity index is 4.86. The molecular formula is C3H5F4NO3S2. The first-order chi connectivity index (χ1) is 5.59. The standard InChI is InChI=1S/C3H5F4NO3S2/c1-12(9,2(4)5)8-13(10,11)3(6)7/h2-3H,1H2,(H,8,9). The van der Waals surface area contributed by atoms with Gasteiger partial charge in [0.2, 0.25) is 0 Å². The number of sulfonamides is 1. The van der Waals surface area contributed by atoms with Gasteiger partial charge in [-0.05, 0) is 5.87 Å². The molecule has 4 nitrogen and oxygen atoms in total. The van der Waals surface area contributed by atoms with Crippen LogP contribution in [0, 0.1) is 0 Å². The summed E-state index contributed by atoms with van der Waals surface area (Å²) in [4.78, 5) is 0. The van der Waals surface area contributed by atoms with Crippen LogP contribution in [0.4, 0.5) is 17.6 Å². The fraction of sp³-hybridized carbons (Fsp3) is 0.667. The van der Waals surface area contributed by atoms with Crippen LogP contribution in [-0.2, 0) is 19.7 Å². The zero-order valence-electron chi connectivity index (χ0n) is 5.91. The Morgan fingerprint density at radius 2 is 1.38 bits per heavy atom. The van der Waals surface area contributed by atoms with Gasteiger partial charge in [0.25, 0.3) is 10.0 Å². The van der Waals surface area contributed by atoms with E-state index >= 15 is 0 Å². The van der Waals surface area contributed by atoms with Gasteiger partial charge in [-0.15, -0.1) is 4.13 Å². The molecule has 0 saturated carbocycles. The summed E-state index contributed by atoms with van der Waals surface area (Å²) in [5, 5.41) is 0. The Morgan fingerprint density at radius 3 is 1.62 bits per heavy atom. The summed E-state index contributed by atoms with van der Waals surface area (Å²) in [7, 11) is -9.85. The van der Waals surface area contributed by atoms with Crippen LogP contribution in [0.25, 0.3) is 0 Å².